The molecule has 120 valence electrons. The number of halogens is 1. The number of rotatable bonds is 5. The van der Waals surface area contributed by atoms with Crippen molar-refractivity contribution in [1.29, 1.82) is 0 Å². The lowest BCUT2D eigenvalue weighted by Crippen LogP contribution is -2.26. The van der Waals surface area contributed by atoms with Crippen molar-refractivity contribution >= 4 is 10.9 Å². The monoisotopic (exact) mass is 312 g/mol. The van der Waals surface area contributed by atoms with Crippen molar-refractivity contribution in [3.05, 3.63) is 66.1 Å². The highest BCUT2D eigenvalue weighted by Crippen LogP contribution is 2.26. The minimum Gasteiger partial charge on any atom is -0.489 e. The van der Waals surface area contributed by atoms with E-state index < -0.39 is 0 Å². The largest absolute Gasteiger partial charge is 0.489 e. The third-order valence-corrected chi connectivity index (χ3v) is 4.24. The number of nitrogens with zero attached hydrogens (tertiary/aromatic N) is 1. The number of ether oxygens (including phenoxy) is 1. The summed E-state index contributed by atoms with van der Waals surface area (Å²) >= 11 is 0. The lowest BCUT2D eigenvalue weighted by atomic mass is 10.1. The SMILES string of the molecule is C[C@@H](N)[C@H](C)n1ccc2cc(OCc3ccccc3F)ccc21. The molecule has 4 heteroatoms. The van der Waals surface area contributed by atoms with E-state index in [1.54, 1.807) is 18.2 Å². The molecular formula is C19H21FN2O. The summed E-state index contributed by atoms with van der Waals surface area (Å²) in [6, 6.07) is 14.9. The van der Waals surface area contributed by atoms with Crippen molar-refractivity contribution in [1.82, 2.24) is 4.57 Å². The van der Waals surface area contributed by atoms with Crippen LogP contribution in [0.2, 0.25) is 0 Å². The Hall–Kier alpha value is -2.33. The van der Waals surface area contributed by atoms with E-state index in [1.165, 1.54) is 6.07 Å². The molecule has 0 aliphatic carbocycles. The van der Waals surface area contributed by atoms with E-state index in [2.05, 4.69) is 11.5 Å². The molecule has 3 rings (SSSR count). The number of nitrogens with two attached hydrogens (primary N) is 1. The second-order valence-electron chi connectivity index (χ2n) is 5.92. The lowest BCUT2D eigenvalue weighted by Gasteiger charge is -2.19. The van der Waals surface area contributed by atoms with Gasteiger partial charge in [-0.1, -0.05) is 18.2 Å². The zero-order valence-electron chi connectivity index (χ0n) is 13.4. The number of aromatic nitrogens is 1. The van der Waals surface area contributed by atoms with E-state index in [-0.39, 0.29) is 24.5 Å². The summed E-state index contributed by atoms with van der Waals surface area (Å²) in [7, 11) is 0. The molecule has 0 spiro atoms. The van der Waals surface area contributed by atoms with Gasteiger partial charge in [-0.15, -0.1) is 0 Å². The van der Waals surface area contributed by atoms with Gasteiger partial charge in [0.25, 0.3) is 0 Å². The van der Waals surface area contributed by atoms with Crippen molar-refractivity contribution in [2.24, 2.45) is 5.73 Å². The van der Waals surface area contributed by atoms with Gasteiger partial charge in [0.2, 0.25) is 0 Å². The van der Waals surface area contributed by atoms with Crippen LogP contribution in [-0.4, -0.2) is 10.6 Å². The van der Waals surface area contributed by atoms with Gasteiger partial charge in [0, 0.05) is 34.7 Å². The Kier molecular flexibility index (Phi) is 4.35. The van der Waals surface area contributed by atoms with Crippen molar-refractivity contribution in [2.75, 3.05) is 0 Å². The average Bonchev–Trinajstić information content (AvgIpc) is 2.96. The minimum atomic E-state index is -0.245. The second kappa shape index (κ2) is 6.42. The Morgan fingerprint density at radius 1 is 1.13 bits per heavy atom. The molecule has 0 fully saturated rings. The molecule has 1 aromatic heterocycles. The van der Waals surface area contributed by atoms with Gasteiger partial charge in [0.15, 0.2) is 0 Å². The predicted molar refractivity (Wildman–Crippen MR) is 91.0 cm³/mol. The van der Waals surface area contributed by atoms with Gasteiger partial charge in [0.1, 0.15) is 18.2 Å². The Balaban J connectivity index is 1.80. The molecule has 0 aliphatic rings. The molecule has 0 saturated carbocycles. The highest BCUT2D eigenvalue weighted by molar-refractivity contribution is 5.81. The third kappa shape index (κ3) is 3.22. The fourth-order valence-corrected chi connectivity index (χ4v) is 2.62. The first-order chi connectivity index (χ1) is 11.1. The first kappa shape index (κ1) is 15.6. The molecule has 2 N–H and O–H groups in total. The highest BCUT2D eigenvalue weighted by atomic mass is 19.1. The van der Waals surface area contributed by atoms with Crippen LogP contribution in [0.5, 0.6) is 5.75 Å². The highest BCUT2D eigenvalue weighted by Gasteiger charge is 2.12. The topological polar surface area (TPSA) is 40.2 Å². The van der Waals surface area contributed by atoms with Crippen molar-refractivity contribution in [3.63, 3.8) is 0 Å². The lowest BCUT2D eigenvalue weighted by molar-refractivity contribution is 0.300. The molecule has 0 radical (unpaired) electrons. The number of hydrogen-bond acceptors (Lipinski definition) is 2. The molecule has 23 heavy (non-hydrogen) atoms. The first-order valence-electron chi connectivity index (χ1n) is 7.78. The van der Waals surface area contributed by atoms with E-state index in [4.69, 9.17) is 10.5 Å². The molecule has 1 heterocycles. The third-order valence-electron chi connectivity index (χ3n) is 4.24. The Morgan fingerprint density at radius 3 is 2.65 bits per heavy atom. The summed E-state index contributed by atoms with van der Waals surface area (Å²) in [5.74, 6) is 0.484. The molecular weight excluding hydrogens is 291 g/mol. The number of hydrogen-bond donors (Lipinski definition) is 1. The molecule has 3 nitrogen and oxygen atoms in total. The van der Waals surface area contributed by atoms with Crippen LogP contribution in [0, 0.1) is 5.82 Å². The Morgan fingerprint density at radius 2 is 1.91 bits per heavy atom. The van der Waals surface area contributed by atoms with Crippen LogP contribution in [0.3, 0.4) is 0 Å². The standard InChI is InChI=1S/C19H21FN2O/c1-13(21)14(2)22-10-9-15-11-17(7-8-19(15)22)23-12-16-5-3-4-6-18(16)20/h3-11,13-14H,12,21H2,1-2H3/t13-,14+/m1/s1. The van der Waals surface area contributed by atoms with Crippen LogP contribution in [0.4, 0.5) is 4.39 Å². The molecule has 0 saturated heterocycles. The van der Waals surface area contributed by atoms with Gasteiger partial charge in [-0.05, 0) is 44.2 Å². The fraction of sp³-hybridized carbons (Fsp3) is 0.263. The van der Waals surface area contributed by atoms with E-state index in [0.717, 1.165) is 16.7 Å². The zero-order chi connectivity index (χ0) is 16.4. The maximum absolute atomic E-state index is 13.6. The van der Waals surface area contributed by atoms with Gasteiger partial charge in [-0.2, -0.15) is 0 Å². The molecule has 2 atom stereocenters. The van der Waals surface area contributed by atoms with Crippen molar-refractivity contribution < 1.29 is 9.13 Å². The van der Waals surface area contributed by atoms with E-state index in [9.17, 15) is 4.39 Å². The minimum absolute atomic E-state index is 0.0718. The summed E-state index contributed by atoms with van der Waals surface area (Å²) in [4.78, 5) is 0. The molecule has 2 aromatic carbocycles. The van der Waals surface area contributed by atoms with E-state index in [0.29, 0.717) is 5.56 Å². The number of benzene rings is 2. The smallest absolute Gasteiger partial charge is 0.129 e. The molecule has 0 aliphatic heterocycles. The van der Waals surface area contributed by atoms with Gasteiger partial charge in [0.05, 0.1) is 0 Å². The van der Waals surface area contributed by atoms with Crippen LogP contribution >= 0.6 is 0 Å². The maximum atomic E-state index is 13.6. The summed E-state index contributed by atoms with van der Waals surface area (Å²) in [6.45, 7) is 4.32. The zero-order valence-corrected chi connectivity index (χ0v) is 13.4. The fourth-order valence-electron chi connectivity index (χ4n) is 2.62. The summed E-state index contributed by atoms with van der Waals surface area (Å²) in [5.41, 5.74) is 7.66. The van der Waals surface area contributed by atoms with Crippen LogP contribution in [0.25, 0.3) is 10.9 Å². The van der Waals surface area contributed by atoms with Gasteiger partial charge in [-0.25, -0.2) is 4.39 Å². The summed E-state index contributed by atoms with van der Waals surface area (Å²) < 4.78 is 21.5. The van der Waals surface area contributed by atoms with Gasteiger partial charge in [-0.3, -0.25) is 0 Å². The normalized spacial score (nSPS) is 13.9. The molecule has 0 amide bonds. The van der Waals surface area contributed by atoms with E-state index >= 15 is 0 Å². The summed E-state index contributed by atoms with van der Waals surface area (Å²) in [5, 5.41) is 1.09. The van der Waals surface area contributed by atoms with Crippen LogP contribution in [-0.2, 0) is 6.61 Å². The average molecular weight is 312 g/mol. The number of fused-ring (bicyclic) bond motifs is 1. The Labute approximate surface area is 135 Å². The van der Waals surface area contributed by atoms with Crippen molar-refractivity contribution in [3.8, 4) is 5.75 Å². The van der Waals surface area contributed by atoms with Crippen molar-refractivity contribution in [2.45, 2.75) is 32.5 Å². The van der Waals surface area contributed by atoms with Crippen LogP contribution < -0.4 is 10.5 Å². The second-order valence-corrected chi connectivity index (χ2v) is 5.92. The molecule has 0 unspecified atom stereocenters. The molecule has 0 bridgehead atoms. The first-order valence-corrected chi connectivity index (χ1v) is 7.78. The predicted octanol–water partition coefficient (Wildman–Crippen LogP) is 4.27. The maximum Gasteiger partial charge on any atom is 0.129 e. The molecule has 3 aromatic rings. The van der Waals surface area contributed by atoms with Crippen LogP contribution in [0.15, 0.2) is 54.7 Å². The quantitative estimate of drug-likeness (QED) is 0.764. The van der Waals surface area contributed by atoms with Gasteiger partial charge >= 0.3 is 0 Å². The Bertz CT molecular complexity index is 810. The summed E-state index contributed by atoms with van der Waals surface area (Å²) in [6.07, 6.45) is 2.04. The van der Waals surface area contributed by atoms with Gasteiger partial charge < -0.3 is 15.0 Å². The van der Waals surface area contributed by atoms with E-state index in [1.807, 2.05) is 37.4 Å². The van der Waals surface area contributed by atoms with Crippen LogP contribution in [0.1, 0.15) is 25.5 Å².